The predicted octanol–water partition coefficient (Wildman–Crippen LogP) is 1.03. The minimum atomic E-state index is -3.72. The summed E-state index contributed by atoms with van der Waals surface area (Å²) >= 11 is 0. The van der Waals surface area contributed by atoms with E-state index in [1.807, 2.05) is 13.8 Å². The van der Waals surface area contributed by atoms with Gasteiger partial charge in [0.2, 0.25) is 0 Å². The molecule has 0 aliphatic carbocycles. The Morgan fingerprint density at radius 2 is 1.75 bits per heavy atom. The molecule has 4 nitrogen and oxygen atoms in total. The van der Waals surface area contributed by atoms with Crippen LogP contribution in [0.1, 0.15) is 33.1 Å². The SMILES string of the molecule is CCCCN(CCC)S([NH])(=O)=O. The number of rotatable bonds is 6. The number of nitrogens with zero attached hydrogens (tertiary/aromatic N) is 1. The highest BCUT2D eigenvalue weighted by molar-refractivity contribution is 7.86. The van der Waals surface area contributed by atoms with Crippen molar-refractivity contribution >= 4 is 10.2 Å². The monoisotopic (exact) mass is 193 g/mol. The topological polar surface area (TPSA) is 61.2 Å². The van der Waals surface area contributed by atoms with Crippen LogP contribution in [0.4, 0.5) is 0 Å². The molecule has 12 heavy (non-hydrogen) atoms. The van der Waals surface area contributed by atoms with Crippen LogP contribution < -0.4 is 5.14 Å². The number of unbranched alkanes of at least 4 members (excludes halogenated alkanes) is 1. The van der Waals surface area contributed by atoms with E-state index in [1.54, 1.807) is 0 Å². The van der Waals surface area contributed by atoms with Crippen LogP contribution >= 0.6 is 0 Å². The summed E-state index contributed by atoms with van der Waals surface area (Å²) in [5, 5.41) is 6.87. The Labute approximate surface area is 74.9 Å². The summed E-state index contributed by atoms with van der Waals surface area (Å²) in [6, 6.07) is 0. The van der Waals surface area contributed by atoms with Crippen molar-refractivity contribution in [3.05, 3.63) is 0 Å². The molecule has 0 atom stereocenters. The Balaban J connectivity index is 4.05. The number of hydrogen-bond donors (Lipinski definition) is 0. The zero-order chi connectivity index (χ0) is 9.61. The van der Waals surface area contributed by atoms with Crippen LogP contribution in [0.15, 0.2) is 0 Å². The molecular formula is C7H17N2O2S. The molecule has 0 saturated heterocycles. The van der Waals surface area contributed by atoms with Crippen molar-refractivity contribution in [1.29, 1.82) is 0 Å². The second-order valence-electron chi connectivity index (χ2n) is 2.76. The van der Waals surface area contributed by atoms with Gasteiger partial charge in [0.1, 0.15) is 0 Å². The van der Waals surface area contributed by atoms with E-state index in [4.69, 9.17) is 5.14 Å². The zero-order valence-electron chi connectivity index (χ0n) is 7.71. The Hall–Kier alpha value is -0.130. The summed E-state index contributed by atoms with van der Waals surface area (Å²) in [6.07, 6.45) is 2.55. The first-order chi connectivity index (χ1) is 5.52. The lowest BCUT2D eigenvalue weighted by molar-refractivity contribution is 0.402. The van der Waals surface area contributed by atoms with Crippen LogP contribution in [0.25, 0.3) is 0 Å². The third kappa shape index (κ3) is 4.69. The second-order valence-corrected chi connectivity index (χ2v) is 4.22. The zero-order valence-corrected chi connectivity index (χ0v) is 8.52. The van der Waals surface area contributed by atoms with E-state index in [9.17, 15) is 8.42 Å². The first-order valence-electron chi connectivity index (χ1n) is 4.27. The van der Waals surface area contributed by atoms with Crippen molar-refractivity contribution in [3.63, 3.8) is 0 Å². The van der Waals surface area contributed by atoms with Crippen molar-refractivity contribution in [3.8, 4) is 0 Å². The van der Waals surface area contributed by atoms with Crippen molar-refractivity contribution in [1.82, 2.24) is 9.44 Å². The van der Waals surface area contributed by atoms with Crippen molar-refractivity contribution in [2.24, 2.45) is 0 Å². The standard InChI is InChI=1S/C7H17N2O2S/c1-3-5-7-9(6-4-2)12(8,10)11/h8H,3-7H2,1-2H3. The third-order valence-corrected chi connectivity index (χ3v) is 2.62. The number of nitrogens with one attached hydrogen (secondary N) is 1. The van der Waals surface area contributed by atoms with Gasteiger partial charge in [0.05, 0.1) is 0 Å². The van der Waals surface area contributed by atoms with Crippen LogP contribution in [0.3, 0.4) is 0 Å². The van der Waals surface area contributed by atoms with Gasteiger partial charge < -0.3 is 0 Å². The lowest BCUT2D eigenvalue weighted by Gasteiger charge is -2.16. The van der Waals surface area contributed by atoms with Gasteiger partial charge in [-0.1, -0.05) is 20.3 Å². The normalized spacial score (nSPS) is 12.3. The molecule has 0 aliphatic heterocycles. The average Bonchev–Trinajstić information content (AvgIpc) is 1.95. The van der Waals surface area contributed by atoms with Gasteiger partial charge in [-0.3, -0.25) is 0 Å². The van der Waals surface area contributed by atoms with Crippen molar-refractivity contribution < 1.29 is 8.42 Å². The molecule has 1 N–H and O–H groups in total. The summed E-state index contributed by atoms with van der Waals surface area (Å²) in [5.41, 5.74) is 0. The highest BCUT2D eigenvalue weighted by Gasteiger charge is 2.15. The number of hydrogen-bond acceptors (Lipinski definition) is 2. The molecule has 0 fully saturated rings. The summed E-state index contributed by atoms with van der Waals surface area (Å²) in [5.74, 6) is 0. The lowest BCUT2D eigenvalue weighted by Crippen LogP contribution is -2.33. The van der Waals surface area contributed by atoms with E-state index < -0.39 is 10.2 Å². The van der Waals surface area contributed by atoms with E-state index >= 15 is 0 Å². The maximum absolute atomic E-state index is 10.8. The van der Waals surface area contributed by atoms with E-state index in [2.05, 4.69) is 0 Å². The van der Waals surface area contributed by atoms with Crippen LogP contribution in [0.5, 0.6) is 0 Å². The fourth-order valence-corrected chi connectivity index (χ4v) is 1.73. The molecule has 0 aromatic heterocycles. The summed E-state index contributed by atoms with van der Waals surface area (Å²) in [7, 11) is -3.72. The van der Waals surface area contributed by atoms with Crippen molar-refractivity contribution in [2.75, 3.05) is 13.1 Å². The van der Waals surface area contributed by atoms with E-state index in [1.165, 1.54) is 4.31 Å². The van der Waals surface area contributed by atoms with Gasteiger partial charge in [0.25, 0.3) is 10.2 Å². The molecule has 0 rings (SSSR count). The highest BCUT2D eigenvalue weighted by Crippen LogP contribution is 2.01. The summed E-state index contributed by atoms with van der Waals surface area (Å²) < 4.78 is 22.9. The van der Waals surface area contributed by atoms with Crippen LogP contribution in [-0.4, -0.2) is 25.8 Å². The minimum absolute atomic E-state index is 0.464. The lowest BCUT2D eigenvalue weighted by atomic mass is 10.3. The predicted molar refractivity (Wildman–Crippen MR) is 48.8 cm³/mol. The molecular weight excluding hydrogens is 176 g/mol. The van der Waals surface area contributed by atoms with Crippen LogP contribution in [0, 0.1) is 0 Å². The molecule has 0 heterocycles. The first kappa shape index (κ1) is 11.9. The molecule has 0 amide bonds. The summed E-state index contributed by atoms with van der Waals surface area (Å²) in [6.45, 7) is 4.85. The summed E-state index contributed by atoms with van der Waals surface area (Å²) in [4.78, 5) is 0. The van der Waals surface area contributed by atoms with Crippen LogP contribution in [-0.2, 0) is 10.2 Å². The van der Waals surface area contributed by atoms with Gasteiger partial charge in [0, 0.05) is 13.1 Å². The Morgan fingerprint density at radius 3 is 2.08 bits per heavy atom. The first-order valence-corrected chi connectivity index (χ1v) is 5.71. The fourth-order valence-electron chi connectivity index (χ4n) is 0.936. The van der Waals surface area contributed by atoms with E-state index in [0.29, 0.717) is 13.1 Å². The molecule has 0 aromatic carbocycles. The second kappa shape index (κ2) is 5.50. The molecule has 73 valence electrons. The van der Waals surface area contributed by atoms with E-state index in [0.717, 1.165) is 19.3 Å². The largest absolute Gasteiger partial charge is 0.293 e. The Bertz CT molecular complexity index is 201. The van der Waals surface area contributed by atoms with Gasteiger partial charge in [-0.25, -0.2) is 0 Å². The fraction of sp³-hybridized carbons (Fsp3) is 1.00. The molecule has 0 saturated carbocycles. The molecule has 0 bridgehead atoms. The molecule has 0 unspecified atom stereocenters. The third-order valence-electron chi connectivity index (χ3n) is 1.57. The average molecular weight is 193 g/mol. The van der Waals surface area contributed by atoms with Crippen LogP contribution in [0.2, 0.25) is 0 Å². The quantitative estimate of drug-likeness (QED) is 0.632. The Morgan fingerprint density at radius 1 is 1.17 bits per heavy atom. The molecule has 5 heteroatoms. The van der Waals surface area contributed by atoms with Gasteiger partial charge >= 0.3 is 0 Å². The van der Waals surface area contributed by atoms with Crippen molar-refractivity contribution in [2.45, 2.75) is 33.1 Å². The highest BCUT2D eigenvalue weighted by atomic mass is 32.2. The molecule has 0 spiro atoms. The molecule has 0 aliphatic rings. The maximum Gasteiger partial charge on any atom is 0.293 e. The van der Waals surface area contributed by atoms with Gasteiger partial charge in [0.15, 0.2) is 0 Å². The maximum atomic E-state index is 10.8. The smallest absolute Gasteiger partial charge is 0.194 e. The molecule has 1 radical (unpaired) electrons. The minimum Gasteiger partial charge on any atom is -0.194 e. The van der Waals surface area contributed by atoms with E-state index in [-0.39, 0.29) is 0 Å². The van der Waals surface area contributed by atoms with Gasteiger partial charge in [-0.2, -0.15) is 12.7 Å². The Kier molecular flexibility index (Phi) is 5.44. The van der Waals surface area contributed by atoms with Gasteiger partial charge in [-0.05, 0) is 12.8 Å². The van der Waals surface area contributed by atoms with Gasteiger partial charge in [-0.15, -0.1) is 5.14 Å². The molecule has 0 aromatic rings.